The van der Waals surface area contributed by atoms with Crippen LogP contribution in [0.3, 0.4) is 0 Å². The molecular weight excluding hydrogens is 424 g/mol. The van der Waals surface area contributed by atoms with Crippen molar-refractivity contribution in [1.29, 1.82) is 0 Å². The van der Waals surface area contributed by atoms with Crippen LogP contribution >= 0.6 is 0 Å². The maximum Gasteiger partial charge on any atom is 0.369 e. The fourth-order valence-electron chi connectivity index (χ4n) is 4.86. The lowest BCUT2D eigenvalue weighted by Gasteiger charge is -2.20. The van der Waals surface area contributed by atoms with Crippen LogP contribution in [0, 0.1) is 0 Å². The van der Waals surface area contributed by atoms with E-state index < -0.39 is 0 Å². The third kappa shape index (κ3) is 5.06. The number of hydrogen-bond acceptors (Lipinski definition) is 0. The van der Waals surface area contributed by atoms with Gasteiger partial charge in [0.1, 0.15) is 0 Å². The van der Waals surface area contributed by atoms with Crippen molar-refractivity contribution in [2.75, 3.05) is 0 Å². The van der Waals surface area contributed by atoms with Crippen molar-refractivity contribution in [3.8, 4) is 0 Å². The summed E-state index contributed by atoms with van der Waals surface area (Å²) in [4.78, 5) is 0. The Morgan fingerprint density at radius 1 is 0.686 bits per heavy atom. The summed E-state index contributed by atoms with van der Waals surface area (Å²) < 4.78 is 6.78. The highest BCUT2D eigenvalue weighted by molar-refractivity contribution is 6.17. The van der Waals surface area contributed by atoms with Gasteiger partial charge in [-0.05, 0) is 63.1 Å². The fraction of sp³-hybridized carbons (Fsp3) is 0.382. The molecule has 182 valence electrons. The molecule has 3 aromatic carbocycles. The van der Waals surface area contributed by atoms with Crippen LogP contribution in [0.2, 0.25) is 0 Å². The van der Waals surface area contributed by atoms with Crippen LogP contribution in [-0.2, 0) is 5.41 Å². The van der Waals surface area contributed by atoms with Gasteiger partial charge in [0.05, 0.1) is 22.8 Å². The largest absolute Gasteiger partial charge is 0.369 e. The topological polar surface area (TPSA) is 11.3 Å². The number of rotatable bonds is 5. The summed E-state index contributed by atoms with van der Waals surface area (Å²) in [7, 11) is 0. The van der Waals surface area contributed by atoms with Crippen LogP contribution in [0.5, 0.6) is 0 Å². The van der Waals surface area contributed by atoms with E-state index in [1.54, 1.807) is 0 Å². The first kappa shape index (κ1) is 25.2. The second-order valence-corrected chi connectivity index (χ2v) is 11.9. The normalized spacial score (nSPS) is 14.9. The van der Waals surface area contributed by atoms with Crippen LogP contribution in [-0.4, -0.2) is 5.78 Å². The summed E-state index contributed by atoms with van der Waals surface area (Å²) in [6.07, 6.45) is 2.19. The molecule has 1 aliphatic heterocycles. The number of carbonyl (C=O) groups excluding carboxylic acids is 1. The molecular formula is C34H41O+. The first-order valence-corrected chi connectivity index (χ1v) is 13.1. The third-order valence-corrected chi connectivity index (χ3v) is 7.08. The predicted molar refractivity (Wildman–Crippen MR) is 152 cm³/mol. The quantitative estimate of drug-likeness (QED) is 0.332. The summed E-state index contributed by atoms with van der Waals surface area (Å²) in [5, 5.41) is 0. The van der Waals surface area contributed by atoms with Gasteiger partial charge in [0.2, 0.25) is 0 Å². The highest BCUT2D eigenvalue weighted by Gasteiger charge is 2.38. The van der Waals surface area contributed by atoms with Crippen molar-refractivity contribution in [3.05, 3.63) is 105 Å². The summed E-state index contributed by atoms with van der Waals surface area (Å²) in [6, 6.07) is 22.3. The molecule has 0 fully saturated rings. The molecule has 0 spiro atoms. The van der Waals surface area contributed by atoms with Crippen molar-refractivity contribution in [1.82, 2.24) is 0 Å². The molecule has 0 saturated heterocycles. The van der Waals surface area contributed by atoms with Gasteiger partial charge in [0.15, 0.2) is 0 Å². The molecule has 0 saturated carbocycles. The summed E-state index contributed by atoms with van der Waals surface area (Å²) in [5.41, 5.74) is 10.4. The Labute approximate surface area is 212 Å². The standard InChI is InChI=1S/C34H41O/c1-21(2)25-19-29(22(3)4)32(30(20-25)23(5)6)33-28-13-11-10-12-27(28)31(35-33)18-24-14-16-26(17-15-24)34(7,8)9/h10-23H,1-9H3/q+1/b31-18-. The maximum atomic E-state index is 6.78. The number of hydrogen-bond donors (Lipinski definition) is 0. The van der Waals surface area contributed by atoms with Crippen molar-refractivity contribution >= 4 is 17.6 Å². The van der Waals surface area contributed by atoms with Crippen molar-refractivity contribution in [2.24, 2.45) is 0 Å². The van der Waals surface area contributed by atoms with E-state index in [0.717, 1.165) is 17.1 Å². The monoisotopic (exact) mass is 465 g/mol. The van der Waals surface area contributed by atoms with E-state index in [9.17, 15) is 0 Å². The van der Waals surface area contributed by atoms with Gasteiger partial charge in [-0.1, -0.05) is 111 Å². The molecule has 3 aromatic rings. The molecule has 1 heteroatoms. The molecule has 4 rings (SSSR count). The maximum absolute atomic E-state index is 6.78. The van der Waals surface area contributed by atoms with E-state index in [-0.39, 0.29) is 5.41 Å². The minimum absolute atomic E-state index is 0.145. The Bertz CT molecular complexity index is 1250. The lowest BCUT2D eigenvalue weighted by Crippen LogP contribution is -2.13. The van der Waals surface area contributed by atoms with Crippen LogP contribution < -0.4 is 0 Å². The van der Waals surface area contributed by atoms with E-state index in [0.29, 0.717) is 17.8 Å². The van der Waals surface area contributed by atoms with E-state index in [1.165, 1.54) is 38.9 Å². The molecule has 0 bridgehead atoms. The van der Waals surface area contributed by atoms with Crippen molar-refractivity contribution in [2.45, 2.75) is 85.5 Å². The molecule has 0 amide bonds. The van der Waals surface area contributed by atoms with E-state index >= 15 is 0 Å². The molecule has 0 N–H and O–H groups in total. The van der Waals surface area contributed by atoms with Gasteiger partial charge < -0.3 is 0 Å². The zero-order valence-corrected chi connectivity index (χ0v) is 23.0. The average Bonchev–Trinajstić information content (AvgIpc) is 3.16. The highest BCUT2D eigenvalue weighted by Crippen LogP contribution is 2.39. The number of benzene rings is 3. The molecule has 0 aliphatic carbocycles. The van der Waals surface area contributed by atoms with Gasteiger partial charge in [-0.3, -0.25) is 0 Å². The number of ketones is 1. The SMILES string of the molecule is CC(C)c1cc(C(C)C)c(C2=[O+]/C(=C\c3ccc(C(C)(C)C)cc3)c3ccccc32)c(C(C)C)c1. The Morgan fingerprint density at radius 3 is 1.71 bits per heavy atom. The Kier molecular flexibility index (Phi) is 6.91. The average molecular weight is 466 g/mol. The molecule has 0 aromatic heterocycles. The summed E-state index contributed by atoms with van der Waals surface area (Å²) in [6.45, 7) is 20.5. The highest BCUT2D eigenvalue weighted by atomic mass is 16.4. The van der Waals surface area contributed by atoms with Crippen molar-refractivity contribution in [3.63, 3.8) is 0 Å². The minimum Gasteiger partial charge on any atom is -0.206 e. The summed E-state index contributed by atoms with van der Waals surface area (Å²) >= 11 is 0. The first-order valence-electron chi connectivity index (χ1n) is 13.1. The molecule has 35 heavy (non-hydrogen) atoms. The van der Waals surface area contributed by atoms with Crippen LogP contribution in [0.25, 0.3) is 11.8 Å². The van der Waals surface area contributed by atoms with Crippen LogP contribution in [0.1, 0.15) is 129 Å². The summed E-state index contributed by atoms with van der Waals surface area (Å²) in [5.74, 6) is 3.23. The van der Waals surface area contributed by atoms with Gasteiger partial charge >= 0.3 is 11.5 Å². The van der Waals surface area contributed by atoms with E-state index in [2.05, 4.69) is 129 Å². The van der Waals surface area contributed by atoms with E-state index in [4.69, 9.17) is 4.42 Å². The van der Waals surface area contributed by atoms with Gasteiger partial charge in [-0.2, -0.15) is 0 Å². The zero-order chi connectivity index (χ0) is 25.5. The third-order valence-electron chi connectivity index (χ3n) is 7.08. The molecule has 0 radical (unpaired) electrons. The smallest absolute Gasteiger partial charge is 0.206 e. The Balaban J connectivity index is 1.91. The zero-order valence-electron chi connectivity index (χ0n) is 23.0. The number of fused-ring (bicyclic) bond motifs is 1. The Hall–Kier alpha value is -2.93. The second kappa shape index (κ2) is 9.61. The molecule has 0 atom stereocenters. The van der Waals surface area contributed by atoms with Crippen LogP contribution in [0.15, 0.2) is 60.7 Å². The molecule has 1 aliphatic rings. The molecule has 0 unspecified atom stereocenters. The van der Waals surface area contributed by atoms with Gasteiger partial charge in [-0.15, -0.1) is 0 Å². The lowest BCUT2D eigenvalue weighted by molar-refractivity contribution is -0.133. The lowest BCUT2D eigenvalue weighted by atomic mass is 9.81. The Morgan fingerprint density at radius 2 is 1.23 bits per heavy atom. The predicted octanol–water partition coefficient (Wildman–Crippen LogP) is 9.63. The fourth-order valence-corrected chi connectivity index (χ4v) is 4.86. The van der Waals surface area contributed by atoms with Gasteiger partial charge in [0, 0.05) is 0 Å². The van der Waals surface area contributed by atoms with Crippen molar-refractivity contribution < 1.29 is 4.42 Å². The van der Waals surface area contributed by atoms with Crippen LogP contribution in [0.4, 0.5) is 0 Å². The van der Waals surface area contributed by atoms with E-state index in [1.807, 2.05) is 0 Å². The molecule has 1 nitrogen and oxygen atoms in total. The second-order valence-electron chi connectivity index (χ2n) is 11.9. The van der Waals surface area contributed by atoms with Gasteiger partial charge in [-0.25, -0.2) is 4.42 Å². The first-order chi connectivity index (χ1) is 16.5. The van der Waals surface area contributed by atoms with Gasteiger partial charge in [0.25, 0.3) is 0 Å². The minimum atomic E-state index is 0.145. The molecule has 1 heterocycles.